The molecule has 7 nitrogen and oxygen atoms in total. The number of carboxylic acid groups (broad SMARTS) is 1. The number of hydrogen-bond acceptors (Lipinski definition) is 5. The molecule has 1 aromatic heterocycles. The fourth-order valence-electron chi connectivity index (χ4n) is 1.60. The zero-order valence-electron chi connectivity index (χ0n) is 9.45. The van der Waals surface area contributed by atoms with Gasteiger partial charge in [-0.05, 0) is 17.7 Å². The van der Waals surface area contributed by atoms with Gasteiger partial charge in [-0.2, -0.15) is 0 Å². The summed E-state index contributed by atoms with van der Waals surface area (Å²) >= 11 is 0. The van der Waals surface area contributed by atoms with Gasteiger partial charge >= 0.3 is 5.97 Å². The minimum atomic E-state index is -1.15. The maximum atomic E-state index is 10.9. The molecule has 0 unspecified atom stereocenters. The molecule has 18 heavy (non-hydrogen) atoms. The molecule has 2 rings (SSSR count). The molecule has 1 aromatic carbocycles. The number of aromatic nitrogens is 3. The van der Waals surface area contributed by atoms with Crippen LogP contribution in [0.5, 0.6) is 5.75 Å². The molecule has 2 aromatic rings. The number of phenolic OH excluding ortho intramolecular Hbond substituents is 1. The van der Waals surface area contributed by atoms with Crippen molar-refractivity contribution in [2.24, 2.45) is 5.73 Å². The van der Waals surface area contributed by atoms with E-state index in [1.54, 1.807) is 24.3 Å². The molecule has 0 saturated carbocycles. The van der Waals surface area contributed by atoms with Gasteiger partial charge in [0.15, 0.2) is 5.69 Å². The lowest BCUT2D eigenvalue weighted by Crippen LogP contribution is -2.13. The number of aromatic carboxylic acids is 1. The standard InChI is InChI=1S/C11H12N4O3/c12-5-9-10(11(17)18)13-14-15(9)6-7-1-3-8(16)4-2-7/h1-4,16H,5-6,12H2,(H,17,18). The van der Waals surface area contributed by atoms with E-state index < -0.39 is 5.97 Å². The highest BCUT2D eigenvalue weighted by molar-refractivity contribution is 5.86. The van der Waals surface area contributed by atoms with Crippen molar-refractivity contribution in [3.05, 3.63) is 41.2 Å². The molecular weight excluding hydrogens is 236 g/mol. The molecule has 0 radical (unpaired) electrons. The molecule has 0 amide bonds. The van der Waals surface area contributed by atoms with Gasteiger partial charge in [-0.1, -0.05) is 17.3 Å². The molecule has 0 aliphatic rings. The summed E-state index contributed by atoms with van der Waals surface area (Å²) in [5, 5.41) is 25.4. The Labute approximate surface area is 102 Å². The third-order valence-electron chi connectivity index (χ3n) is 2.50. The van der Waals surface area contributed by atoms with Crippen LogP contribution in [0.25, 0.3) is 0 Å². The summed E-state index contributed by atoms with van der Waals surface area (Å²) in [6.45, 7) is 0.403. The second kappa shape index (κ2) is 4.84. The fraction of sp³-hybridized carbons (Fsp3) is 0.182. The molecular formula is C11H12N4O3. The Morgan fingerprint density at radius 1 is 1.33 bits per heavy atom. The first-order valence-electron chi connectivity index (χ1n) is 5.25. The van der Waals surface area contributed by atoms with E-state index in [0.717, 1.165) is 5.56 Å². The molecule has 0 atom stereocenters. The van der Waals surface area contributed by atoms with E-state index in [9.17, 15) is 4.79 Å². The van der Waals surface area contributed by atoms with Crippen LogP contribution in [0.4, 0.5) is 0 Å². The third kappa shape index (κ3) is 2.30. The molecule has 0 fully saturated rings. The number of benzene rings is 1. The lowest BCUT2D eigenvalue weighted by atomic mass is 10.2. The second-order valence-electron chi connectivity index (χ2n) is 3.72. The maximum Gasteiger partial charge on any atom is 0.358 e. The maximum absolute atomic E-state index is 10.9. The van der Waals surface area contributed by atoms with Crippen molar-refractivity contribution >= 4 is 5.97 Å². The summed E-state index contributed by atoms with van der Waals surface area (Å²) in [6.07, 6.45) is 0. The lowest BCUT2D eigenvalue weighted by Gasteiger charge is -2.05. The zero-order valence-corrected chi connectivity index (χ0v) is 9.45. The molecule has 1 heterocycles. The lowest BCUT2D eigenvalue weighted by molar-refractivity contribution is 0.0689. The van der Waals surface area contributed by atoms with Crippen molar-refractivity contribution in [2.75, 3.05) is 0 Å². The minimum absolute atomic E-state index is 0.0483. The average Bonchev–Trinajstić information content (AvgIpc) is 2.75. The van der Waals surface area contributed by atoms with Gasteiger partial charge in [-0.15, -0.1) is 5.10 Å². The van der Waals surface area contributed by atoms with Gasteiger partial charge in [0.25, 0.3) is 0 Å². The van der Waals surface area contributed by atoms with Crippen LogP contribution in [-0.4, -0.2) is 31.2 Å². The van der Waals surface area contributed by atoms with E-state index >= 15 is 0 Å². The number of rotatable bonds is 4. The number of phenols is 1. The van der Waals surface area contributed by atoms with Crippen molar-refractivity contribution in [3.63, 3.8) is 0 Å². The van der Waals surface area contributed by atoms with Crippen LogP contribution in [0.15, 0.2) is 24.3 Å². The highest BCUT2D eigenvalue weighted by Crippen LogP contribution is 2.12. The first-order chi connectivity index (χ1) is 8.61. The molecule has 4 N–H and O–H groups in total. The second-order valence-corrected chi connectivity index (χ2v) is 3.72. The quantitative estimate of drug-likeness (QED) is 0.711. The first-order valence-corrected chi connectivity index (χ1v) is 5.25. The van der Waals surface area contributed by atoms with Gasteiger partial charge in [0.2, 0.25) is 0 Å². The number of nitrogens with zero attached hydrogens (tertiary/aromatic N) is 3. The SMILES string of the molecule is NCc1c(C(=O)O)nnn1Cc1ccc(O)cc1. The molecule has 7 heteroatoms. The summed E-state index contributed by atoms with van der Waals surface area (Å²) in [7, 11) is 0. The van der Waals surface area contributed by atoms with Crippen LogP contribution in [0.2, 0.25) is 0 Å². The molecule has 0 aliphatic heterocycles. The molecule has 94 valence electrons. The van der Waals surface area contributed by atoms with Gasteiger partial charge in [0.1, 0.15) is 5.75 Å². The van der Waals surface area contributed by atoms with E-state index in [0.29, 0.717) is 12.2 Å². The van der Waals surface area contributed by atoms with E-state index in [-0.39, 0.29) is 18.0 Å². The van der Waals surface area contributed by atoms with E-state index in [1.165, 1.54) is 4.68 Å². The van der Waals surface area contributed by atoms with Crippen LogP contribution in [0.1, 0.15) is 21.7 Å². The van der Waals surface area contributed by atoms with Crippen molar-refractivity contribution in [1.29, 1.82) is 0 Å². The third-order valence-corrected chi connectivity index (χ3v) is 2.50. The van der Waals surface area contributed by atoms with Crippen LogP contribution >= 0.6 is 0 Å². The molecule has 0 saturated heterocycles. The average molecular weight is 248 g/mol. The monoisotopic (exact) mass is 248 g/mol. The molecule has 0 bridgehead atoms. The highest BCUT2D eigenvalue weighted by Gasteiger charge is 2.17. The number of aromatic hydroxyl groups is 1. The Bertz CT molecular complexity index is 562. The van der Waals surface area contributed by atoms with Crippen molar-refractivity contribution < 1.29 is 15.0 Å². The van der Waals surface area contributed by atoms with Gasteiger partial charge < -0.3 is 15.9 Å². The van der Waals surface area contributed by atoms with Gasteiger partial charge in [-0.25, -0.2) is 9.48 Å². The minimum Gasteiger partial charge on any atom is -0.508 e. The van der Waals surface area contributed by atoms with Gasteiger partial charge in [0.05, 0.1) is 12.2 Å². The molecule has 0 spiro atoms. The Morgan fingerprint density at radius 2 is 2.00 bits per heavy atom. The molecule has 0 aliphatic carbocycles. The smallest absolute Gasteiger partial charge is 0.358 e. The Hall–Kier alpha value is -2.41. The summed E-state index contributed by atoms with van der Waals surface area (Å²) in [6, 6.07) is 6.54. The van der Waals surface area contributed by atoms with Gasteiger partial charge in [0, 0.05) is 6.54 Å². The number of nitrogens with two attached hydrogens (primary N) is 1. The predicted molar refractivity (Wildman–Crippen MR) is 62.1 cm³/mol. The largest absolute Gasteiger partial charge is 0.508 e. The summed E-state index contributed by atoms with van der Waals surface area (Å²) in [5.41, 5.74) is 6.61. The zero-order chi connectivity index (χ0) is 13.1. The van der Waals surface area contributed by atoms with Crippen LogP contribution < -0.4 is 5.73 Å². The fourth-order valence-corrected chi connectivity index (χ4v) is 1.60. The van der Waals surface area contributed by atoms with Crippen LogP contribution in [-0.2, 0) is 13.1 Å². The van der Waals surface area contributed by atoms with E-state index in [2.05, 4.69) is 10.3 Å². The Balaban J connectivity index is 2.29. The number of carboxylic acids is 1. The number of hydrogen-bond donors (Lipinski definition) is 3. The van der Waals surface area contributed by atoms with Gasteiger partial charge in [-0.3, -0.25) is 0 Å². The summed E-state index contributed by atoms with van der Waals surface area (Å²) in [5.74, 6) is -0.977. The topological polar surface area (TPSA) is 114 Å². The Kier molecular flexibility index (Phi) is 3.24. The van der Waals surface area contributed by atoms with E-state index in [1.807, 2.05) is 0 Å². The first kappa shape index (κ1) is 12.1. The predicted octanol–water partition coefficient (Wildman–Crippen LogP) is 0.189. The summed E-state index contributed by atoms with van der Waals surface area (Å²) < 4.78 is 1.44. The van der Waals surface area contributed by atoms with Crippen LogP contribution in [0, 0.1) is 0 Å². The van der Waals surface area contributed by atoms with Crippen LogP contribution in [0.3, 0.4) is 0 Å². The summed E-state index contributed by atoms with van der Waals surface area (Å²) in [4.78, 5) is 10.9. The van der Waals surface area contributed by atoms with Crippen molar-refractivity contribution in [2.45, 2.75) is 13.1 Å². The normalized spacial score (nSPS) is 10.5. The van der Waals surface area contributed by atoms with Crippen molar-refractivity contribution in [3.8, 4) is 5.75 Å². The highest BCUT2D eigenvalue weighted by atomic mass is 16.4. The van der Waals surface area contributed by atoms with Crippen molar-refractivity contribution in [1.82, 2.24) is 15.0 Å². The number of carbonyl (C=O) groups is 1. The Morgan fingerprint density at radius 3 is 2.56 bits per heavy atom. The van der Waals surface area contributed by atoms with E-state index in [4.69, 9.17) is 15.9 Å².